The zero-order valence-electron chi connectivity index (χ0n) is 13.0. The number of carbonyl (C=O) groups excluding carboxylic acids is 1. The molecule has 23 heavy (non-hydrogen) atoms. The smallest absolute Gasteiger partial charge is 0.311 e. The van der Waals surface area contributed by atoms with Gasteiger partial charge in [-0.2, -0.15) is 0 Å². The van der Waals surface area contributed by atoms with Crippen molar-refractivity contribution in [2.75, 3.05) is 6.61 Å². The first-order chi connectivity index (χ1) is 11.0. The summed E-state index contributed by atoms with van der Waals surface area (Å²) in [7, 11) is 0. The van der Waals surface area contributed by atoms with Crippen molar-refractivity contribution in [3.05, 3.63) is 69.8 Å². The van der Waals surface area contributed by atoms with Crippen LogP contribution in [0.4, 0.5) is 5.69 Å². The van der Waals surface area contributed by atoms with Gasteiger partial charge in [0.05, 0.1) is 17.6 Å². The summed E-state index contributed by atoms with van der Waals surface area (Å²) >= 11 is 0. The second kappa shape index (κ2) is 7.40. The minimum atomic E-state index is -0.553. The Morgan fingerprint density at radius 1 is 1.26 bits per heavy atom. The number of nitrogens with one attached hydrogen (secondary N) is 1. The molecule has 0 radical (unpaired) electrons. The van der Waals surface area contributed by atoms with Gasteiger partial charge in [-0.05, 0) is 31.5 Å². The lowest BCUT2D eigenvalue weighted by Gasteiger charge is -2.14. The van der Waals surface area contributed by atoms with Crippen LogP contribution >= 0.6 is 0 Å². The lowest BCUT2D eigenvalue weighted by Crippen LogP contribution is -2.26. The Hall–Kier alpha value is -2.89. The number of nitro groups is 1. The van der Waals surface area contributed by atoms with E-state index in [4.69, 9.17) is 4.74 Å². The standard InChI is InChI=1S/C17H18N2O4/c1-3-23-16-10-9-14(11-15(16)19(21)22)17(20)18-12(2)13-7-5-4-6-8-13/h4-12H,3H2,1-2H3,(H,18,20)/t12-/m1/s1. The second-order valence-corrected chi connectivity index (χ2v) is 4.98. The number of nitrogens with zero attached hydrogens (tertiary/aromatic N) is 1. The molecule has 1 atom stereocenters. The van der Waals surface area contributed by atoms with Crippen molar-refractivity contribution in [2.45, 2.75) is 19.9 Å². The highest BCUT2D eigenvalue weighted by atomic mass is 16.6. The van der Waals surface area contributed by atoms with Gasteiger partial charge in [-0.25, -0.2) is 0 Å². The largest absolute Gasteiger partial charge is 0.487 e. The molecule has 0 fully saturated rings. The molecule has 2 rings (SSSR count). The summed E-state index contributed by atoms with van der Waals surface area (Å²) in [4.78, 5) is 22.9. The van der Waals surface area contributed by atoms with Crippen LogP contribution < -0.4 is 10.1 Å². The molecular formula is C17H18N2O4. The zero-order chi connectivity index (χ0) is 16.8. The predicted octanol–water partition coefficient (Wildman–Crippen LogP) is 3.48. The third kappa shape index (κ3) is 4.06. The Labute approximate surface area is 134 Å². The number of amides is 1. The van der Waals surface area contributed by atoms with Crippen LogP contribution in [0.5, 0.6) is 5.75 Å². The molecule has 0 aromatic heterocycles. The van der Waals surface area contributed by atoms with Crippen LogP contribution in [-0.4, -0.2) is 17.4 Å². The minimum Gasteiger partial charge on any atom is -0.487 e. The maximum atomic E-state index is 12.3. The maximum absolute atomic E-state index is 12.3. The summed E-state index contributed by atoms with van der Waals surface area (Å²) < 4.78 is 5.21. The van der Waals surface area contributed by atoms with E-state index in [9.17, 15) is 14.9 Å². The van der Waals surface area contributed by atoms with Crippen molar-refractivity contribution in [3.8, 4) is 5.75 Å². The van der Waals surface area contributed by atoms with Crippen LogP contribution in [0.25, 0.3) is 0 Å². The summed E-state index contributed by atoms with van der Waals surface area (Å²) in [6.45, 7) is 3.92. The normalized spacial score (nSPS) is 11.6. The van der Waals surface area contributed by atoms with Crippen molar-refractivity contribution in [1.82, 2.24) is 5.32 Å². The molecule has 0 bridgehead atoms. The van der Waals surface area contributed by atoms with Crippen molar-refractivity contribution >= 4 is 11.6 Å². The third-order valence-electron chi connectivity index (χ3n) is 3.36. The Kier molecular flexibility index (Phi) is 5.30. The Morgan fingerprint density at radius 2 is 1.96 bits per heavy atom. The van der Waals surface area contributed by atoms with Crippen molar-refractivity contribution in [2.24, 2.45) is 0 Å². The van der Waals surface area contributed by atoms with E-state index >= 15 is 0 Å². The van der Waals surface area contributed by atoms with Crippen LogP contribution in [0.1, 0.15) is 35.8 Å². The van der Waals surface area contributed by atoms with Gasteiger partial charge in [-0.1, -0.05) is 30.3 Å². The Balaban J connectivity index is 2.19. The van der Waals surface area contributed by atoms with E-state index in [1.807, 2.05) is 37.3 Å². The zero-order valence-corrected chi connectivity index (χ0v) is 13.0. The molecule has 0 unspecified atom stereocenters. The van der Waals surface area contributed by atoms with Gasteiger partial charge in [0, 0.05) is 11.6 Å². The summed E-state index contributed by atoms with van der Waals surface area (Å²) in [6, 6.07) is 13.5. The molecule has 120 valence electrons. The average Bonchev–Trinajstić information content (AvgIpc) is 2.56. The first-order valence-corrected chi connectivity index (χ1v) is 7.30. The SMILES string of the molecule is CCOc1ccc(C(=O)N[C@H](C)c2ccccc2)cc1[N+](=O)[O-]. The van der Waals surface area contributed by atoms with Crippen LogP contribution in [0, 0.1) is 10.1 Å². The van der Waals surface area contributed by atoms with Crippen LogP contribution in [0.15, 0.2) is 48.5 Å². The van der Waals surface area contributed by atoms with Crippen molar-refractivity contribution < 1.29 is 14.5 Å². The first kappa shape index (κ1) is 16.5. The number of nitro benzene ring substituents is 1. The highest BCUT2D eigenvalue weighted by Gasteiger charge is 2.19. The number of hydrogen-bond donors (Lipinski definition) is 1. The lowest BCUT2D eigenvalue weighted by molar-refractivity contribution is -0.385. The van der Waals surface area contributed by atoms with E-state index in [1.54, 1.807) is 6.92 Å². The van der Waals surface area contributed by atoms with Gasteiger partial charge in [-0.3, -0.25) is 14.9 Å². The molecule has 2 aromatic rings. The van der Waals surface area contributed by atoms with Crippen molar-refractivity contribution in [1.29, 1.82) is 0 Å². The van der Waals surface area contributed by atoms with E-state index in [1.165, 1.54) is 18.2 Å². The quantitative estimate of drug-likeness (QED) is 0.653. The van der Waals surface area contributed by atoms with Gasteiger partial charge in [0.1, 0.15) is 0 Å². The molecule has 0 aliphatic heterocycles. The van der Waals surface area contributed by atoms with Gasteiger partial charge < -0.3 is 10.1 Å². The fraction of sp³-hybridized carbons (Fsp3) is 0.235. The van der Waals surface area contributed by atoms with E-state index in [-0.39, 0.29) is 28.9 Å². The molecular weight excluding hydrogens is 296 g/mol. The topological polar surface area (TPSA) is 81.5 Å². The third-order valence-corrected chi connectivity index (χ3v) is 3.36. The van der Waals surface area contributed by atoms with Gasteiger partial charge in [0.2, 0.25) is 0 Å². The summed E-state index contributed by atoms with van der Waals surface area (Å²) in [5.41, 5.74) is 0.969. The second-order valence-electron chi connectivity index (χ2n) is 4.98. The summed E-state index contributed by atoms with van der Waals surface area (Å²) in [6.07, 6.45) is 0. The first-order valence-electron chi connectivity index (χ1n) is 7.30. The molecule has 0 aliphatic carbocycles. The molecule has 6 nitrogen and oxygen atoms in total. The molecule has 1 N–H and O–H groups in total. The number of carbonyl (C=O) groups is 1. The number of hydrogen-bond acceptors (Lipinski definition) is 4. The Morgan fingerprint density at radius 3 is 2.57 bits per heavy atom. The van der Waals surface area contributed by atoms with Crippen molar-refractivity contribution in [3.63, 3.8) is 0 Å². The monoisotopic (exact) mass is 314 g/mol. The van der Waals surface area contributed by atoms with Gasteiger partial charge >= 0.3 is 5.69 Å². The highest BCUT2D eigenvalue weighted by molar-refractivity contribution is 5.95. The molecule has 0 spiro atoms. The fourth-order valence-corrected chi connectivity index (χ4v) is 2.18. The predicted molar refractivity (Wildman–Crippen MR) is 86.6 cm³/mol. The molecule has 0 heterocycles. The van der Waals surface area contributed by atoms with Gasteiger partial charge in [-0.15, -0.1) is 0 Å². The van der Waals surface area contributed by atoms with E-state index in [2.05, 4.69) is 5.32 Å². The maximum Gasteiger partial charge on any atom is 0.311 e. The van der Waals surface area contributed by atoms with Gasteiger partial charge in [0.15, 0.2) is 5.75 Å². The number of ether oxygens (including phenoxy) is 1. The van der Waals surface area contributed by atoms with E-state index in [0.717, 1.165) is 5.56 Å². The van der Waals surface area contributed by atoms with Crippen LogP contribution in [0.2, 0.25) is 0 Å². The highest BCUT2D eigenvalue weighted by Crippen LogP contribution is 2.28. The molecule has 1 amide bonds. The summed E-state index contributed by atoms with van der Waals surface area (Å²) in [5, 5.41) is 13.9. The average molecular weight is 314 g/mol. The molecule has 0 aliphatic rings. The number of benzene rings is 2. The Bertz CT molecular complexity index is 701. The van der Waals surface area contributed by atoms with Crippen LogP contribution in [0.3, 0.4) is 0 Å². The minimum absolute atomic E-state index is 0.158. The summed E-state index contributed by atoms with van der Waals surface area (Å²) in [5.74, 6) is -0.211. The molecule has 6 heteroatoms. The fourth-order valence-electron chi connectivity index (χ4n) is 2.18. The van der Waals surface area contributed by atoms with E-state index in [0.29, 0.717) is 6.61 Å². The van der Waals surface area contributed by atoms with E-state index < -0.39 is 4.92 Å². The molecule has 2 aromatic carbocycles. The molecule has 0 saturated heterocycles. The number of rotatable bonds is 6. The van der Waals surface area contributed by atoms with Gasteiger partial charge in [0.25, 0.3) is 5.91 Å². The molecule has 0 saturated carbocycles. The lowest BCUT2D eigenvalue weighted by atomic mass is 10.1. The van der Waals surface area contributed by atoms with Crippen LogP contribution in [-0.2, 0) is 0 Å².